The Morgan fingerprint density at radius 1 is 1.27 bits per heavy atom. The maximum absolute atomic E-state index is 14.0. The molecule has 1 aromatic carbocycles. The molecule has 1 amide bonds. The van der Waals surface area contributed by atoms with Crippen LogP contribution in [0.15, 0.2) is 30.3 Å². The van der Waals surface area contributed by atoms with E-state index in [2.05, 4.69) is 5.32 Å². The van der Waals surface area contributed by atoms with Crippen LogP contribution in [-0.4, -0.2) is 28.9 Å². The molecule has 0 aliphatic heterocycles. The largest absolute Gasteiger partial charge is 0.477 e. The van der Waals surface area contributed by atoms with Crippen LogP contribution < -0.4 is 11.1 Å². The minimum Gasteiger partial charge on any atom is -0.477 e. The Labute approximate surface area is 127 Å². The smallest absolute Gasteiger partial charge is 0.376 e. The topological polar surface area (TPSA) is 92.4 Å². The van der Waals surface area contributed by atoms with Gasteiger partial charge in [0.2, 0.25) is 5.91 Å². The summed E-state index contributed by atoms with van der Waals surface area (Å²) in [7, 11) is 0. The predicted octanol–water partition coefficient (Wildman–Crippen LogP) is 1.94. The van der Waals surface area contributed by atoms with Crippen molar-refractivity contribution < 1.29 is 23.5 Å². The van der Waals surface area contributed by atoms with Gasteiger partial charge in [-0.1, -0.05) is 44.2 Å². The zero-order valence-corrected chi connectivity index (χ0v) is 12.4. The lowest BCUT2D eigenvalue weighted by molar-refractivity contribution is -0.170. The number of carboxylic acids is 1. The molecule has 0 heterocycles. The van der Waals surface area contributed by atoms with Crippen molar-refractivity contribution in [2.45, 2.75) is 38.3 Å². The highest BCUT2D eigenvalue weighted by molar-refractivity contribution is 5.80. The van der Waals surface area contributed by atoms with Gasteiger partial charge in [-0.2, -0.15) is 8.78 Å². The van der Waals surface area contributed by atoms with Crippen molar-refractivity contribution >= 4 is 11.9 Å². The highest BCUT2D eigenvalue weighted by atomic mass is 19.3. The van der Waals surface area contributed by atoms with E-state index in [-0.39, 0.29) is 17.9 Å². The Hall–Kier alpha value is -2.02. The van der Waals surface area contributed by atoms with Crippen molar-refractivity contribution in [1.82, 2.24) is 5.32 Å². The Bertz CT molecular complexity index is 521. The normalized spacial score (nSPS) is 14.6. The summed E-state index contributed by atoms with van der Waals surface area (Å²) in [5, 5.41) is 11.2. The third-order valence-electron chi connectivity index (χ3n) is 3.20. The molecule has 0 fully saturated rings. The molecule has 0 aromatic heterocycles. The van der Waals surface area contributed by atoms with Gasteiger partial charge < -0.3 is 10.8 Å². The number of rotatable bonds is 8. The summed E-state index contributed by atoms with van der Waals surface area (Å²) in [4.78, 5) is 22.4. The monoisotopic (exact) mass is 314 g/mol. The molecule has 0 bridgehead atoms. The third kappa shape index (κ3) is 4.49. The van der Waals surface area contributed by atoms with Gasteiger partial charge in [-0.25, -0.2) is 4.79 Å². The van der Waals surface area contributed by atoms with E-state index in [1.807, 2.05) is 13.8 Å². The Morgan fingerprint density at radius 3 is 2.23 bits per heavy atom. The van der Waals surface area contributed by atoms with Crippen LogP contribution in [0, 0.1) is 5.92 Å². The molecule has 4 N–H and O–H groups in total. The first-order chi connectivity index (χ1) is 10.2. The average molecular weight is 314 g/mol. The van der Waals surface area contributed by atoms with Crippen LogP contribution in [0.2, 0.25) is 0 Å². The van der Waals surface area contributed by atoms with Crippen molar-refractivity contribution in [3.8, 4) is 0 Å². The first kappa shape index (κ1) is 18.0. The summed E-state index contributed by atoms with van der Waals surface area (Å²) >= 11 is 0. The molecule has 2 atom stereocenters. The molecule has 7 heteroatoms. The first-order valence-corrected chi connectivity index (χ1v) is 6.87. The SMILES string of the molecule is CC(C)C[C@H](N[C@@H](c1ccccc1)C(F)(F)C(=O)O)C(N)=O. The number of benzene rings is 1. The van der Waals surface area contributed by atoms with Crippen molar-refractivity contribution in [1.29, 1.82) is 0 Å². The van der Waals surface area contributed by atoms with E-state index >= 15 is 0 Å². The van der Waals surface area contributed by atoms with Gasteiger partial charge in [0, 0.05) is 0 Å². The van der Waals surface area contributed by atoms with E-state index in [0.29, 0.717) is 0 Å². The first-order valence-electron chi connectivity index (χ1n) is 6.87. The zero-order valence-electron chi connectivity index (χ0n) is 12.4. The highest BCUT2D eigenvalue weighted by Gasteiger charge is 2.49. The molecule has 1 aromatic rings. The minimum absolute atomic E-state index is 0.0277. The molecule has 1 rings (SSSR count). The summed E-state index contributed by atoms with van der Waals surface area (Å²) in [5.41, 5.74) is 5.31. The standard InChI is InChI=1S/C15H20F2N2O3/c1-9(2)8-11(13(18)20)19-12(15(16,17)14(21)22)10-6-4-3-5-7-10/h3-7,9,11-12,19H,8H2,1-2H3,(H2,18,20)(H,21,22)/t11-,12-/m0/s1. The maximum atomic E-state index is 14.0. The second kappa shape index (κ2) is 7.31. The molecular weight excluding hydrogens is 294 g/mol. The number of hydrogen-bond donors (Lipinski definition) is 3. The van der Waals surface area contributed by atoms with E-state index in [0.717, 1.165) is 0 Å². The van der Waals surface area contributed by atoms with Gasteiger partial charge in [-0.3, -0.25) is 10.1 Å². The molecule has 0 radical (unpaired) electrons. The number of hydrogen-bond acceptors (Lipinski definition) is 3. The molecule has 0 saturated heterocycles. The summed E-state index contributed by atoms with van der Waals surface area (Å²) < 4.78 is 28.1. The summed E-state index contributed by atoms with van der Waals surface area (Å²) in [6.45, 7) is 3.62. The lowest BCUT2D eigenvalue weighted by Crippen LogP contribution is -2.51. The van der Waals surface area contributed by atoms with Gasteiger partial charge >= 0.3 is 11.9 Å². The number of nitrogens with two attached hydrogens (primary N) is 1. The Balaban J connectivity index is 3.15. The van der Waals surface area contributed by atoms with E-state index in [1.54, 1.807) is 6.07 Å². The number of aliphatic carboxylic acids is 1. The second-order valence-corrected chi connectivity index (χ2v) is 5.52. The number of carbonyl (C=O) groups excluding carboxylic acids is 1. The summed E-state index contributed by atoms with van der Waals surface area (Å²) in [6.07, 6.45) is 0.231. The second-order valence-electron chi connectivity index (χ2n) is 5.52. The molecule has 22 heavy (non-hydrogen) atoms. The van der Waals surface area contributed by atoms with Gasteiger partial charge in [0.1, 0.15) is 6.04 Å². The van der Waals surface area contributed by atoms with Crippen LogP contribution in [-0.2, 0) is 9.59 Å². The number of carbonyl (C=O) groups is 2. The minimum atomic E-state index is -4.08. The number of nitrogens with one attached hydrogen (secondary N) is 1. The number of alkyl halides is 2. The Kier molecular flexibility index (Phi) is 5.99. The quantitative estimate of drug-likeness (QED) is 0.683. The van der Waals surface area contributed by atoms with E-state index in [4.69, 9.17) is 10.8 Å². The number of carboxylic acid groups (broad SMARTS) is 1. The molecule has 0 unspecified atom stereocenters. The van der Waals surface area contributed by atoms with Crippen LogP contribution in [0.4, 0.5) is 8.78 Å². The van der Waals surface area contributed by atoms with E-state index < -0.39 is 29.9 Å². The van der Waals surface area contributed by atoms with Gasteiger partial charge in [-0.15, -0.1) is 0 Å². The average Bonchev–Trinajstić information content (AvgIpc) is 2.43. The lowest BCUT2D eigenvalue weighted by Gasteiger charge is -2.29. The van der Waals surface area contributed by atoms with Crippen molar-refractivity contribution in [2.75, 3.05) is 0 Å². The number of primary amides is 1. The van der Waals surface area contributed by atoms with Crippen molar-refractivity contribution in [3.63, 3.8) is 0 Å². The maximum Gasteiger partial charge on any atom is 0.376 e. The van der Waals surface area contributed by atoms with Crippen LogP contribution in [0.5, 0.6) is 0 Å². The van der Waals surface area contributed by atoms with Gasteiger partial charge in [0.05, 0.1) is 6.04 Å². The third-order valence-corrected chi connectivity index (χ3v) is 3.20. The van der Waals surface area contributed by atoms with E-state index in [9.17, 15) is 18.4 Å². The molecule has 122 valence electrons. The summed E-state index contributed by atoms with van der Waals surface area (Å²) in [6, 6.07) is 4.52. The Morgan fingerprint density at radius 2 is 1.82 bits per heavy atom. The molecule has 0 aliphatic carbocycles. The molecule has 5 nitrogen and oxygen atoms in total. The predicted molar refractivity (Wildman–Crippen MR) is 77.3 cm³/mol. The van der Waals surface area contributed by atoms with Crippen LogP contribution in [0.3, 0.4) is 0 Å². The van der Waals surface area contributed by atoms with E-state index in [1.165, 1.54) is 24.3 Å². The molecule has 0 aliphatic rings. The fourth-order valence-corrected chi connectivity index (χ4v) is 2.12. The van der Waals surface area contributed by atoms with Crippen LogP contribution in [0.1, 0.15) is 31.9 Å². The van der Waals surface area contributed by atoms with Crippen LogP contribution >= 0.6 is 0 Å². The van der Waals surface area contributed by atoms with Gasteiger partial charge in [0.25, 0.3) is 0 Å². The van der Waals surface area contributed by atoms with Gasteiger partial charge in [-0.05, 0) is 17.9 Å². The summed E-state index contributed by atoms with van der Waals surface area (Å²) in [5.74, 6) is -7.11. The molecule has 0 saturated carbocycles. The lowest BCUT2D eigenvalue weighted by atomic mass is 9.96. The van der Waals surface area contributed by atoms with Gasteiger partial charge in [0.15, 0.2) is 0 Å². The number of amides is 1. The fraction of sp³-hybridized carbons (Fsp3) is 0.467. The van der Waals surface area contributed by atoms with Crippen molar-refractivity contribution in [2.24, 2.45) is 11.7 Å². The molecular formula is C15H20F2N2O3. The van der Waals surface area contributed by atoms with Crippen molar-refractivity contribution in [3.05, 3.63) is 35.9 Å². The molecule has 0 spiro atoms. The highest BCUT2D eigenvalue weighted by Crippen LogP contribution is 2.32. The zero-order chi connectivity index (χ0) is 16.9. The van der Waals surface area contributed by atoms with Crippen LogP contribution in [0.25, 0.3) is 0 Å². The fourth-order valence-electron chi connectivity index (χ4n) is 2.12. The number of halogens is 2.